The van der Waals surface area contributed by atoms with Gasteiger partial charge in [-0.1, -0.05) is 34.8 Å². The van der Waals surface area contributed by atoms with Gasteiger partial charge in [0, 0.05) is 11.8 Å². The molecule has 1 nitrogen and oxygen atoms in total. The summed E-state index contributed by atoms with van der Waals surface area (Å²) in [5.41, 5.74) is 1.10. The molecule has 0 bridgehead atoms. The lowest BCUT2D eigenvalue weighted by Gasteiger charge is -2.00. The van der Waals surface area contributed by atoms with Gasteiger partial charge in [-0.05, 0) is 31.3 Å². The lowest BCUT2D eigenvalue weighted by atomic mass is 10.1. The molecular formula is C11H17BrO. The summed E-state index contributed by atoms with van der Waals surface area (Å²) in [6.07, 6.45) is 9.86. The van der Waals surface area contributed by atoms with Crippen LogP contribution < -0.4 is 0 Å². The van der Waals surface area contributed by atoms with Gasteiger partial charge in [0.15, 0.2) is 5.78 Å². The van der Waals surface area contributed by atoms with Crippen molar-refractivity contribution >= 4 is 21.7 Å². The number of halogens is 1. The zero-order valence-electron chi connectivity index (χ0n) is 8.02. The molecule has 0 saturated carbocycles. The van der Waals surface area contributed by atoms with Gasteiger partial charge in [0.25, 0.3) is 0 Å². The Morgan fingerprint density at radius 3 is 2.62 bits per heavy atom. The van der Waals surface area contributed by atoms with Gasteiger partial charge in [-0.25, -0.2) is 0 Å². The highest BCUT2D eigenvalue weighted by molar-refractivity contribution is 9.09. The number of hydrogen-bond acceptors (Lipinski definition) is 1. The number of alkyl halides is 1. The Hall–Kier alpha value is -0.110. The molecule has 0 aromatic carbocycles. The largest absolute Gasteiger partial charge is 0.295 e. The highest BCUT2D eigenvalue weighted by Gasteiger charge is 2.13. The summed E-state index contributed by atoms with van der Waals surface area (Å²) in [7, 11) is 0. The van der Waals surface area contributed by atoms with E-state index in [9.17, 15) is 4.79 Å². The zero-order chi connectivity index (χ0) is 9.52. The molecule has 13 heavy (non-hydrogen) atoms. The van der Waals surface area contributed by atoms with Crippen LogP contribution in [0.1, 0.15) is 44.9 Å². The minimum absolute atomic E-state index is 0.389. The predicted octanol–water partition coefficient (Wildman–Crippen LogP) is 3.62. The SMILES string of the molecule is O=C1CCC=C1CCCCCCBr. The highest BCUT2D eigenvalue weighted by Crippen LogP contribution is 2.19. The summed E-state index contributed by atoms with van der Waals surface area (Å²) in [4.78, 5) is 11.2. The first-order valence-electron chi connectivity index (χ1n) is 5.13. The van der Waals surface area contributed by atoms with Crippen LogP contribution >= 0.6 is 15.9 Å². The van der Waals surface area contributed by atoms with E-state index < -0.39 is 0 Å². The van der Waals surface area contributed by atoms with Crippen LogP contribution in [0.15, 0.2) is 11.6 Å². The quantitative estimate of drug-likeness (QED) is 0.516. The molecule has 0 unspecified atom stereocenters. The third kappa shape index (κ3) is 4.08. The molecule has 74 valence electrons. The molecule has 0 spiro atoms. The molecule has 0 aromatic heterocycles. The number of rotatable bonds is 6. The Bertz CT molecular complexity index is 196. The van der Waals surface area contributed by atoms with Gasteiger partial charge in [0.05, 0.1) is 0 Å². The van der Waals surface area contributed by atoms with Crippen molar-refractivity contribution in [1.29, 1.82) is 0 Å². The molecule has 0 fully saturated rings. The summed E-state index contributed by atoms with van der Waals surface area (Å²) in [5.74, 6) is 0.389. The maximum absolute atomic E-state index is 11.2. The minimum atomic E-state index is 0.389. The van der Waals surface area contributed by atoms with Crippen LogP contribution in [0.4, 0.5) is 0 Å². The van der Waals surface area contributed by atoms with E-state index in [0.29, 0.717) is 5.78 Å². The van der Waals surface area contributed by atoms with Crippen LogP contribution in [0.2, 0.25) is 0 Å². The van der Waals surface area contributed by atoms with Gasteiger partial charge in [-0.3, -0.25) is 4.79 Å². The van der Waals surface area contributed by atoms with Crippen molar-refractivity contribution in [3.05, 3.63) is 11.6 Å². The van der Waals surface area contributed by atoms with Gasteiger partial charge < -0.3 is 0 Å². The molecule has 0 saturated heterocycles. The Balaban J connectivity index is 2.02. The normalized spacial score (nSPS) is 16.4. The summed E-state index contributed by atoms with van der Waals surface area (Å²) in [6.45, 7) is 0. The van der Waals surface area contributed by atoms with Crippen molar-refractivity contribution < 1.29 is 4.79 Å². The standard InChI is InChI=1S/C11H17BrO/c12-9-4-2-1-3-6-10-7-5-8-11(10)13/h7H,1-6,8-9H2. The van der Waals surface area contributed by atoms with Crippen LogP contribution in [0.5, 0.6) is 0 Å². The number of unbranched alkanes of at least 4 members (excludes halogenated alkanes) is 3. The molecule has 0 radical (unpaired) electrons. The van der Waals surface area contributed by atoms with Gasteiger partial charge in [0.1, 0.15) is 0 Å². The third-order valence-corrected chi connectivity index (χ3v) is 3.01. The fourth-order valence-electron chi connectivity index (χ4n) is 1.66. The first-order valence-corrected chi connectivity index (χ1v) is 6.25. The van der Waals surface area contributed by atoms with Crippen molar-refractivity contribution in [1.82, 2.24) is 0 Å². The fourth-order valence-corrected chi connectivity index (χ4v) is 2.05. The van der Waals surface area contributed by atoms with Crippen LogP contribution in [-0.4, -0.2) is 11.1 Å². The van der Waals surface area contributed by atoms with E-state index in [1.54, 1.807) is 0 Å². The average molecular weight is 245 g/mol. The average Bonchev–Trinajstić information content (AvgIpc) is 2.52. The number of carbonyl (C=O) groups is 1. The number of Topliss-reactive ketones (excluding diaryl/α,β-unsaturated/α-hetero) is 1. The zero-order valence-corrected chi connectivity index (χ0v) is 9.61. The van der Waals surface area contributed by atoms with Crippen molar-refractivity contribution in [2.75, 3.05) is 5.33 Å². The topological polar surface area (TPSA) is 17.1 Å². The third-order valence-electron chi connectivity index (χ3n) is 2.45. The Morgan fingerprint density at radius 2 is 2.00 bits per heavy atom. The Labute approximate surface area is 88.7 Å². The van der Waals surface area contributed by atoms with Crippen LogP contribution in [-0.2, 0) is 4.79 Å². The van der Waals surface area contributed by atoms with Gasteiger partial charge in [0.2, 0.25) is 0 Å². The molecule has 2 heteroatoms. The van der Waals surface area contributed by atoms with E-state index in [1.165, 1.54) is 25.7 Å². The molecule has 0 amide bonds. The van der Waals surface area contributed by atoms with Crippen LogP contribution in [0.3, 0.4) is 0 Å². The number of ketones is 1. The second-order valence-corrected chi connectivity index (χ2v) is 4.34. The Kier molecular flexibility index (Phi) is 5.37. The van der Waals surface area contributed by atoms with Gasteiger partial charge in [-0.15, -0.1) is 0 Å². The predicted molar refractivity (Wildman–Crippen MR) is 59.2 cm³/mol. The number of hydrogen-bond donors (Lipinski definition) is 0. The molecule has 0 N–H and O–H groups in total. The number of allylic oxidation sites excluding steroid dienone is 2. The lowest BCUT2D eigenvalue weighted by molar-refractivity contribution is -0.115. The van der Waals surface area contributed by atoms with E-state index in [1.807, 2.05) is 0 Å². The van der Waals surface area contributed by atoms with Crippen LogP contribution in [0.25, 0.3) is 0 Å². The molecule has 0 atom stereocenters. The van der Waals surface area contributed by atoms with E-state index in [4.69, 9.17) is 0 Å². The molecule has 1 aliphatic rings. The summed E-state index contributed by atoms with van der Waals surface area (Å²) >= 11 is 3.41. The molecule has 0 aromatic rings. The second kappa shape index (κ2) is 6.36. The van der Waals surface area contributed by atoms with Crippen molar-refractivity contribution in [2.24, 2.45) is 0 Å². The molecule has 1 rings (SSSR count). The first kappa shape index (κ1) is 11.0. The maximum atomic E-state index is 11.2. The maximum Gasteiger partial charge on any atom is 0.158 e. The smallest absolute Gasteiger partial charge is 0.158 e. The minimum Gasteiger partial charge on any atom is -0.295 e. The number of carbonyl (C=O) groups excluding carboxylic acids is 1. The highest BCUT2D eigenvalue weighted by atomic mass is 79.9. The molecule has 1 aliphatic carbocycles. The van der Waals surface area contributed by atoms with E-state index >= 15 is 0 Å². The van der Waals surface area contributed by atoms with E-state index in [0.717, 1.165) is 30.2 Å². The lowest BCUT2D eigenvalue weighted by Crippen LogP contribution is -1.95. The Morgan fingerprint density at radius 1 is 1.23 bits per heavy atom. The molecule has 0 heterocycles. The van der Waals surface area contributed by atoms with Gasteiger partial charge in [-0.2, -0.15) is 0 Å². The van der Waals surface area contributed by atoms with Crippen molar-refractivity contribution in [3.8, 4) is 0 Å². The first-order chi connectivity index (χ1) is 6.34. The summed E-state index contributed by atoms with van der Waals surface area (Å²) in [6, 6.07) is 0. The molecule has 0 aliphatic heterocycles. The van der Waals surface area contributed by atoms with Crippen molar-refractivity contribution in [2.45, 2.75) is 44.9 Å². The fraction of sp³-hybridized carbons (Fsp3) is 0.727. The van der Waals surface area contributed by atoms with Crippen LogP contribution in [0, 0.1) is 0 Å². The summed E-state index contributed by atoms with van der Waals surface area (Å²) in [5, 5.41) is 1.11. The monoisotopic (exact) mass is 244 g/mol. The second-order valence-electron chi connectivity index (χ2n) is 3.54. The van der Waals surface area contributed by atoms with Gasteiger partial charge >= 0.3 is 0 Å². The van der Waals surface area contributed by atoms with E-state index in [2.05, 4.69) is 22.0 Å². The van der Waals surface area contributed by atoms with E-state index in [-0.39, 0.29) is 0 Å². The molecular weight excluding hydrogens is 228 g/mol. The van der Waals surface area contributed by atoms with Crippen molar-refractivity contribution in [3.63, 3.8) is 0 Å². The summed E-state index contributed by atoms with van der Waals surface area (Å²) < 4.78 is 0.